The van der Waals surface area contributed by atoms with Gasteiger partial charge in [-0.15, -0.1) is 0 Å². The maximum Gasteiger partial charge on any atom is 0.294 e. The highest BCUT2D eigenvalue weighted by molar-refractivity contribution is 6.30. The SMILES string of the molecule is O=COC1(Cc2ccc(Cl)cc2)CCCC1=O. The summed E-state index contributed by atoms with van der Waals surface area (Å²) in [4.78, 5) is 22.4. The van der Waals surface area contributed by atoms with Gasteiger partial charge >= 0.3 is 0 Å². The molecule has 1 fully saturated rings. The molecule has 0 amide bonds. The third-order valence-corrected chi connectivity index (χ3v) is 3.42. The zero-order valence-electron chi connectivity index (χ0n) is 9.32. The molecule has 0 heterocycles. The van der Waals surface area contributed by atoms with E-state index in [1.807, 2.05) is 12.1 Å². The van der Waals surface area contributed by atoms with Gasteiger partial charge in [-0.25, -0.2) is 0 Å². The van der Waals surface area contributed by atoms with Gasteiger partial charge < -0.3 is 4.74 Å². The molecular weight excluding hydrogens is 240 g/mol. The third kappa shape index (κ3) is 2.50. The second-order valence-electron chi connectivity index (χ2n) is 4.29. The van der Waals surface area contributed by atoms with Crippen molar-refractivity contribution in [2.75, 3.05) is 0 Å². The molecule has 0 N–H and O–H groups in total. The zero-order valence-corrected chi connectivity index (χ0v) is 10.1. The minimum absolute atomic E-state index is 0.0135. The summed E-state index contributed by atoms with van der Waals surface area (Å²) in [6, 6.07) is 7.24. The Morgan fingerprint density at radius 3 is 2.59 bits per heavy atom. The van der Waals surface area contributed by atoms with Gasteiger partial charge in [-0.3, -0.25) is 9.59 Å². The van der Waals surface area contributed by atoms with E-state index in [4.69, 9.17) is 16.3 Å². The lowest BCUT2D eigenvalue weighted by Crippen LogP contribution is -2.39. The normalized spacial score (nSPS) is 23.7. The van der Waals surface area contributed by atoms with E-state index in [1.54, 1.807) is 12.1 Å². The molecule has 1 aromatic rings. The Balaban J connectivity index is 2.21. The number of Topliss-reactive ketones (excluding diaryl/α,β-unsaturated/α-hetero) is 1. The first kappa shape index (κ1) is 12.1. The van der Waals surface area contributed by atoms with Crippen LogP contribution in [0.2, 0.25) is 5.02 Å². The maximum absolute atomic E-state index is 11.8. The van der Waals surface area contributed by atoms with Gasteiger partial charge in [-0.05, 0) is 30.5 Å². The predicted molar refractivity (Wildman–Crippen MR) is 63.9 cm³/mol. The van der Waals surface area contributed by atoms with Gasteiger partial charge in [-0.1, -0.05) is 23.7 Å². The van der Waals surface area contributed by atoms with Crippen LogP contribution in [0.15, 0.2) is 24.3 Å². The Kier molecular flexibility index (Phi) is 3.48. The van der Waals surface area contributed by atoms with Crippen molar-refractivity contribution < 1.29 is 14.3 Å². The van der Waals surface area contributed by atoms with Crippen LogP contribution in [0.4, 0.5) is 0 Å². The average molecular weight is 253 g/mol. The van der Waals surface area contributed by atoms with Gasteiger partial charge in [0.2, 0.25) is 0 Å². The molecule has 0 saturated heterocycles. The first-order valence-corrected chi connectivity index (χ1v) is 5.93. The summed E-state index contributed by atoms with van der Waals surface area (Å²) in [6.45, 7) is 0.374. The fraction of sp³-hybridized carbons (Fsp3) is 0.385. The van der Waals surface area contributed by atoms with E-state index in [0.717, 1.165) is 12.0 Å². The summed E-state index contributed by atoms with van der Waals surface area (Å²) in [5, 5.41) is 0.650. The van der Waals surface area contributed by atoms with E-state index in [1.165, 1.54) is 0 Å². The lowest BCUT2D eigenvalue weighted by molar-refractivity contribution is -0.153. The molecule has 1 aliphatic carbocycles. The number of benzene rings is 1. The molecule has 1 unspecified atom stereocenters. The van der Waals surface area contributed by atoms with E-state index in [0.29, 0.717) is 30.8 Å². The molecule has 0 aromatic heterocycles. The van der Waals surface area contributed by atoms with Crippen LogP contribution >= 0.6 is 11.6 Å². The number of carbonyl (C=O) groups excluding carboxylic acids is 2. The quantitative estimate of drug-likeness (QED) is 0.774. The number of halogens is 1. The molecular formula is C13H13ClO3. The van der Waals surface area contributed by atoms with Crippen LogP contribution in [-0.4, -0.2) is 17.9 Å². The van der Waals surface area contributed by atoms with Gasteiger partial charge in [-0.2, -0.15) is 0 Å². The van der Waals surface area contributed by atoms with Crippen LogP contribution in [-0.2, 0) is 20.7 Å². The van der Waals surface area contributed by atoms with Crippen LogP contribution in [0.25, 0.3) is 0 Å². The maximum atomic E-state index is 11.8. The average Bonchev–Trinajstić information content (AvgIpc) is 2.65. The van der Waals surface area contributed by atoms with Gasteiger partial charge in [0.25, 0.3) is 6.47 Å². The van der Waals surface area contributed by atoms with Crippen molar-refractivity contribution in [3.05, 3.63) is 34.9 Å². The first-order chi connectivity index (χ1) is 8.16. The highest BCUT2D eigenvalue weighted by Gasteiger charge is 2.44. The van der Waals surface area contributed by atoms with Crippen LogP contribution in [0.1, 0.15) is 24.8 Å². The van der Waals surface area contributed by atoms with Crippen molar-refractivity contribution in [3.8, 4) is 0 Å². The summed E-state index contributed by atoms with van der Waals surface area (Å²) in [5.74, 6) is 0.0135. The Morgan fingerprint density at radius 2 is 2.06 bits per heavy atom. The van der Waals surface area contributed by atoms with E-state index < -0.39 is 5.60 Å². The number of ether oxygens (including phenoxy) is 1. The fourth-order valence-corrected chi connectivity index (χ4v) is 2.41. The van der Waals surface area contributed by atoms with Gasteiger partial charge in [0.1, 0.15) is 0 Å². The number of ketones is 1. The zero-order chi connectivity index (χ0) is 12.3. The van der Waals surface area contributed by atoms with Crippen LogP contribution in [0.3, 0.4) is 0 Å². The smallest absolute Gasteiger partial charge is 0.294 e. The molecule has 0 radical (unpaired) electrons. The lowest BCUT2D eigenvalue weighted by Gasteiger charge is -2.25. The number of carbonyl (C=O) groups is 2. The minimum atomic E-state index is -0.949. The topological polar surface area (TPSA) is 43.4 Å². The van der Waals surface area contributed by atoms with Crippen LogP contribution in [0, 0.1) is 0 Å². The van der Waals surface area contributed by atoms with Crippen molar-refractivity contribution in [2.45, 2.75) is 31.3 Å². The van der Waals surface area contributed by atoms with E-state index in [-0.39, 0.29) is 5.78 Å². The molecule has 2 rings (SSSR count). The fourth-order valence-electron chi connectivity index (χ4n) is 2.28. The molecule has 3 nitrogen and oxygen atoms in total. The summed E-state index contributed by atoms with van der Waals surface area (Å²) in [5.41, 5.74) is 0.00163. The Bertz CT molecular complexity index is 427. The Hall–Kier alpha value is -1.35. The molecule has 0 aliphatic heterocycles. The van der Waals surface area contributed by atoms with Gasteiger partial charge in [0.15, 0.2) is 11.4 Å². The van der Waals surface area contributed by atoms with Crippen LogP contribution < -0.4 is 0 Å². The summed E-state index contributed by atoms with van der Waals surface area (Å²) < 4.78 is 5.07. The summed E-state index contributed by atoms with van der Waals surface area (Å²) in [6.07, 6.45) is 2.30. The largest absolute Gasteiger partial charge is 0.453 e. The molecule has 1 saturated carbocycles. The van der Waals surface area contributed by atoms with E-state index in [9.17, 15) is 9.59 Å². The Morgan fingerprint density at radius 1 is 1.35 bits per heavy atom. The van der Waals surface area contributed by atoms with E-state index in [2.05, 4.69) is 0 Å². The monoisotopic (exact) mass is 252 g/mol. The highest BCUT2D eigenvalue weighted by atomic mass is 35.5. The van der Waals surface area contributed by atoms with E-state index >= 15 is 0 Å². The highest BCUT2D eigenvalue weighted by Crippen LogP contribution is 2.33. The molecule has 4 heteroatoms. The molecule has 1 aromatic carbocycles. The molecule has 90 valence electrons. The first-order valence-electron chi connectivity index (χ1n) is 5.55. The van der Waals surface area contributed by atoms with Crippen molar-refractivity contribution in [1.82, 2.24) is 0 Å². The molecule has 1 atom stereocenters. The predicted octanol–water partition coefficient (Wildman–Crippen LogP) is 2.55. The molecule has 17 heavy (non-hydrogen) atoms. The molecule has 0 spiro atoms. The van der Waals surface area contributed by atoms with Crippen LogP contribution in [0.5, 0.6) is 0 Å². The number of rotatable bonds is 4. The van der Waals surface area contributed by atoms with Gasteiger partial charge in [0.05, 0.1) is 0 Å². The molecule has 1 aliphatic rings. The third-order valence-electron chi connectivity index (χ3n) is 3.17. The number of hydrogen-bond donors (Lipinski definition) is 0. The van der Waals surface area contributed by atoms with Crippen molar-refractivity contribution in [2.24, 2.45) is 0 Å². The summed E-state index contributed by atoms with van der Waals surface area (Å²) in [7, 11) is 0. The van der Waals surface area contributed by atoms with Crippen molar-refractivity contribution in [1.29, 1.82) is 0 Å². The van der Waals surface area contributed by atoms with Crippen molar-refractivity contribution in [3.63, 3.8) is 0 Å². The standard InChI is InChI=1S/C13H13ClO3/c14-11-5-3-10(4-6-11)8-13(17-9-15)7-1-2-12(13)16/h3-6,9H,1-2,7-8H2. The van der Waals surface area contributed by atoms with Gasteiger partial charge in [0, 0.05) is 17.9 Å². The van der Waals surface area contributed by atoms with Crippen molar-refractivity contribution >= 4 is 23.9 Å². The second kappa shape index (κ2) is 4.88. The number of hydrogen-bond acceptors (Lipinski definition) is 3. The minimum Gasteiger partial charge on any atom is -0.453 e. The lowest BCUT2D eigenvalue weighted by atomic mass is 9.92. The summed E-state index contributed by atoms with van der Waals surface area (Å²) >= 11 is 5.80. The Labute approximate surface area is 105 Å². The second-order valence-corrected chi connectivity index (χ2v) is 4.72. The molecule has 0 bridgehead atoms.